The Hall–Kier alpha value is -3.04. The lowest BCUT2D eigenvalue weighted by molar-refractivity contribution is -0.151. The van der Waals surface area contributed by atoms with E-state index >= 15 is 0 Å². The smallest absolute Gasteiger partial charge is 0.327 e. The van der Waals surface area contributed by atoms with E-state index < -0.39 is 52.1 Å². The third-order valence-electron chi connectivity index (χ3n) is 6.53. The van der Waals surface area contributed by atoms with Crippen LogP contribution in [0.5, 0.6) is 0 Å². The van der Waals surface area contributed by atoms with E-state index in [1.165, 1.54) is 4.90 Å². The monoisotopic (exact) mass is 498 g/mol. The van der Waals surface area contributed by atoms with Crippen LogP contribution >= 0.6 is 0 Å². The van der Waals surface area contributed by atoms with Crippen molar-refractivity contribution in [1.82, 2.24) is 10.2 Å². The predicted molar refractivity (Wildman–Crippen MR) is 131 cm³/mol. The lowest BCUT2D eigenvalue weighted by Gasteiger charge is -2.29. The van der Waals surface area contributed by atoms with Crippen LogP contribution in [0.1, 0.15) is 36.8 Å². The first kappa shape index (κ1) is 25.1. The summed E-state index contributed by atoms with van der Waals surface area (Å²) < 4.78 is 18.1. The largest absolute Gasteiger partial charge is 0.480 e. The quantitative estimate of drug-likeness (QED) is 0.510. The number of esters is 1. The van der Waals surface area contributed by atoms with Crippen molar-refractivity contribution >= 4 is 28.6 Å². The van der Waals surface area contributed by atoms with Gasteiger partial charge in [-0.1, -0.05) is 60.7 Å². The molecular weight excluding hydrogens is 468 g/mol. The Morgan fingerprint density at radius 2 is 1.71 bits per heavy atom. The van der Waals surface area contributed by atoms with E-state index in [0.29, 0.717) is 32.1 Å². The van der Waals surface area contributed by atoms with Crippen LogP contribution in [-0.4, -0.2) is 61.3 Å². The average molecular weight is 499 g/mol. The van der Waals surface area contributed by atoms with Crippen LogP contribution in [0.2, 0.25) is 0 Å². The van der Waals surface area contributed by atoms with Gasteiger partial charge in [0, 0.05) is 10.8 Å². The number of nitrogens with one attached hydrogen (secondary N) is 1. The van der Waals surface area contributed by atoms with Gasteiger partial charge in [0.15, 0.2) is 0 Å². The molecule has 2 heterocycles. The zero-order valence-corrected chi connectivity index (χ0v) is 20.2. The van der Waals surface area contributed by atoms with Gasteiger partial charge in [-0.05, 0) is 43.2 Å². The average Bonchev–Trinajstić information content (AvgIpc) is 3.11. The van der Waals surface area contributed by atoms with Crippen molar-refractivity contribution in [1.29, 1.82) is 0 Å². The van der Waals surface area contributed by atoms with Crippen LogP contribution in [0.25, 0.3) is 0 Å². The first-order valence-electron chi connectivity index (χ1n) is 11.9. The number of ether oxygens (including phenoxy) is 1. The molecular formula is C26H30N2O6S. The van der Waals surface area contributed by atoms with Gasteiger partial charge in [0.2, 0.25) is 5.91 Å². The first-order chi connectivity index (χ1) is 16.9. The molecule has 1 amide bonds. The molecule has 1 unspecified atom stereocenters. The first-order valence-corrected chi connectivity index (χ1v) is 13.2. The predicted octanol–water partition coefficient (Wildman–Crippen LogP) is 2.24. The second-order valence-electron chi connectivity index (χ2n) is 8.92. The molecule has 2 N–H and O–H groups in total. The molecule has 186 valence electrons. The van der Waals surface area contributed by atoms with Crippen LogP contribution in [0.3, 0.4) is 0 Å². The molecule has 9 heteroatoms. The summed E-state index contributed by atoms with van der Waals surface area (Å²) in [5.74, 6) is -2.09. The highest BCUT2D eigenvalue weighted by Crippen LogP contribution is 2.30. The molecule has 4 rings (SSSR count). The van der Waals surface area contributed by atoms with Crippen LogP contribution in [0.4, 0.5) is 0 Å². The van der Waals surface area contributed by atoms with Crippen molar-refractivity contribution in [2.75, 3.05) is 5.75 Å². The Kier molecular flexibility index (Phi) is 8.30. The van der Waals surface area contributed by atoms with Gasteiger partial charge in [-0.3, -0.25) is 19.1 Å². The number of hydrogen-bond acceptors (Lipinski definition) is 6. The summed E-state index contributed by atoms with van der Waals surface area (Å²) in [7, 11) is -1.41. The molecule has 2 aromatic rings. The number of nitrogens with zero attached hydrogens (tertiary/aromatic N) is 1. The van der Waals surface area contributed by atoms with Crippen LogP contribution in [-0.2, 0) is 42.9 Å². The third-order valence-corrected chi connectivity index (χ3v) is 8.24. The van der Waals surface area contributed by atoms with Crippen molar-refractivity contribution < 1.29 is 28.4 Å². The fourth-order valence-electron chi connectivity index (χ4n) is 4.68. The van der Waals surface area contributed by atoms with Gasteiger partial charge in [-0.25, -0.2) is 4.79 Å². The number of aryl methyl sites for hydroxylation is 1. The van der Waals surface area contributed by atoms with Gasteiger partial charge in [0.25, 0.3) is 0 Å². The molecule has 2 fully saturated rings. The van der Waals surface area contributed by atoms with E-state index in [4.69, 9.17) is 4.74 Å². The fraction of sp³-hybridized carbons (Fsp3) is 0.423. The zero-order valence-electron chi connectivity index (χ0n) is 19.4. The number of carboxylic acid groups (broad SMARTS) is 1. The molecule has 2 aliphatic rings. The van der Waals surface area contributed by atoms with E-state index in [2.05, 4.69) is 5.32 Å². The van der Waals surface area contributed by atoms with Crippen LogP contribution in [0.15, 0.2) is 60.7 Å². The lowest BCUT2D eigenvalue weighted by atomic mass is 10.0. The topological polar surface area (TPSA) is 113 Å². The Morgan fingerprint density at radius 1 is 1.06 bits per heavy atom. The third kappa shape index (κ3) is 6.15. The highest BCUT2D eigenvalue weighted by Gasteiger charge is 2.49. The van der Waals surface area contributed by atoms with Gasteiger partial charge in [-0.2, -0.15) is 0 Å². The molecule has 2 aliphatic heterocycles. The SMILES string of the molecule is O=C(OCc1ccccc1)C(CCc1ccccc1)N[C@H]1CCC[C@H]2N(C1=O)[C@H](C(=O)O)C[S@@]2=O. The highest BCUT2D eigenvalue weighted by molar-refractivity contribution is 7.86. The van der Waals surface area contributed by atoms with Crippen molar-refractivity contribution in [3.8, 4) is 0 Å². The molecule has 8 nitrogen and oxygen atoms in total. The molecule has 0 saturated carbocycles. The lowest BCUT2D eigenvalue weighted by Crippen LogP contribution is -2.55. The molecule has 0 bridgehead atoms. The molecule has 2 saturated heterocycles. The van der Waals surface area contributed by atoms with E-state index in [0.717, 1.165) is 11.1 Å². The van der Waals surface area contributed by atoms with E-state index in [1.54, 1.807) is 0 Å². The Morgan fingerprint density at radius 3 is 2.37 bits per heavy atom. The molecule has 0 aliphatic carbocycles. The minimum atomic E-state index is -1.41. The zero-order chi connectivity index (χ0) is 24.8. The Labute approximate surface area is 207 Å². The summed E-state index contributed by atoms with van der Waals surface area (Å²) in [5.41, 5.74) is 1.92. The number of rotatable bonds is 9. The van der Waals surface area contributed by atoms with Gasteiger partial charge < -0.3 is 14.7 Å². The maximum Gasteiger partial charge on any atom is 0.327 e. The van der Waals surface area contributed by atoms with Crippen molar-refractivity contribution in [2.45, 2.75) is 62.2 Å². The normalized spacial score (nSPS) is 24.9. The summed E-state index contributed by atoms with van der Waals surface area (Å²) >= 11 is 0. The van der Waals surface area contributed by atoms with E-state index in [-0.39, 0.29) is 12.4 Å². The highest BCUT2D eigenvalue weighted by atomic mass is 32.2. The van der Waals surface area contributed by atoms with E-state index in [1.807, 2.05) is 60.7 Å². The van der Waals surface area contributed by atoms with Crippen molar-refractivity contribution in [3.05, 3.63) is 71.8 Å². The van der Waals surface area contributed by atoms with Gasteiger partial charge in [0.05, 0.1) is 11.8 Å². The van der Waals surface area contributed by atoms with Crippen molar-refractivity contribution in [2.24, 2.45) is 0 Å². The molecule has 0 spiro atoms. The summed E-state index contributed by atoms with van der Waals surface area (Å²) in [6, 6.07) is 16.5. The van der Waals surface area contributed by atoms with Crippen LogP contribution in [0, 0.1) is 0 Å². The number of aliphatic carboxylic acids is 1. The van der Waals surface area contributed by atoms with E-state index in [9.17, 15) is 23.7 Å². The molecule has 35 heavy (non-hydrogen) atoms. The summed E-state index contributed by atoms with van der Waals surface area (Å²) in [6.07, 6.45) is 2.54. The number of carbonyl (C=O) groups excluding carboxylic acids is 2. The maximum atomic E-state index is 13.4. The van der Waals surface area contributed by atoms with Crippen molar-refractivity contribution in [3.63, 3.8) is 0 Å². The number of fused-ring (bicyclic) bond motifs is 1. The fourth-order valence-corrected chi connectivity index (χ4v) is 6.45. The second-order valence-corrected chi connectivity index (χ2v) is 10.6. The van der Waals surface area contributed by atoms with Gasteiger partial charge in [-0.15, -0.1) is 0 Å². The van der Waals surface area contributed by atoms with Gasteiger partial charge in [0.1, 0.15) is 24.1 Å². The summed E-state index contributed by atoms with van der Waals surface area (Å²) in [6.45, 7) is 0.121. The second kappa shape index (κ2) is 11.6. The molecule has 0 radical (unpaired) electrons. The number of amides is 1. The number of benzene rings is 2. The number of hydrogen-bond donors (Lipinski definition) is 2. The van der Waals surface area contributed by atoms with Gasteiger partial charge >= 0.3 is 11.9 Å². The summed E-state index contributed by atoms with van der Waals surface area (Å²) in [5, 5.41) is 12.2. The standard InChI is InChI=1S/C26H30N2O6S/c29-24-20(12-7-13-23-28(24)22(25(30)31)17-35(23)33)27-21(15-14-18-8-3-1-4-9-18)26(32)34-16-19-10-5-2-6-11-19/h1-6,8-11,20-23,27H,7,12-17H2,(H,30,31)/t20-,21?,22-,23-,35-/m0/s1. The number of carboxylic acids is 1. The van der Waals surface area contributed by atoms with Crippen LogP contribution < -0.4 is 5.32 Å². The summed E-state index contributed by atoms with van der Waals surface area (Å²) in [4.78, 5) is 39.5. The Bertz CT molecular complexity index is 1060. The number of carbonyl (C=O) groups is 3. The molecule has 0 aromatic heterocycles. The maximum absolute atomic E-state index is 13.4. The Balaban J connectivity index is 1.49. The minimum absolute atomic E-state index is 0.0605. The minimum Gasteiger partial charge on any atom is -0.480 e. The molecule has 2 aromatic carbocycles. The molecule has 5 atom stereocenters.